The van der Waals surface area contributed by atoms with Gasteiger partial charge in [-0.15, -0.1) is 13.2 Å². The molecule has 0 aliphatic carbocycles. The van der Waals surface area contributed by atoms with Gasteiger partial charge in [0.2, 0.25) is 11.6 Å². The Bertz CT molecular complexity index is 424. The van der Waals surface area contributed by atoms with Crippen molar-refractivity contribution < 1.29 is 14.3 Å². The van der Waals surface area contributed by atoms with Gasteiger partial charge in [0.1, 0.15) is 0 Å². The molecule has 0 radical (unpaired) electrons. The van der Waals surface area contributed by atoms with Crippen molar-refractivity contribution in [2.24, 2.45) is 5.92 Å². The fraction of sp³-hybridized carbons (Fsp3) is 0.444. The summed E-state index contributed by atoms with van der Waals surface area (Å²) in [6, 6.07) is 0. The minimum atomic E-state index is -0.932. The van der Waals surface area contributed by atoms with Gasteiger partial charge in [-0.05, 0) is 46.1 Å². The maximum absolute atomic E-state index is 10.5. The van der Waals surface area contributed by atoms with E-state index in [2.05, 4.69) is 50.1 Å². The molecule has 0 saturated heterocycles. The average Bonchev–Trinajstić information content (AvgIpc) is 2.79. The highest BCUT2D eigenvalue weighted by atomic mass is 16.6. The second kappa shape index (κ2) is 12.6. The number of rotatable bonds is 5. The van der Waals surface area contributed by atoms with E-state index in [1.54, 1.807) is 13.0 Å². The van der Waals surface area contributed by atoms with E-state index in [0.717, 1.165) is 6.42 Å². The molecule has 1 aliphatic heterocycles. The lowest BCUT2D eigenvalue weighted by Crippen LogP contribution is -2.41. The quantitative estimate of drug-likeness (QED) is 0.618. The average molecular weight is 307 g/mol. The fourth-order valence-corrected chi connectivity index (χ4v) is 1.45. The maximum Gasteiger partial charge on any atom is 0.295 e. The van der Waals surface area contributed by atoms with Gasteiger partial charge in [-0.3, -0.25) is 9.59 Å². The van der Waals surface area contributed by atoms with Crippen LogP contribution in [-0.2, 0) is 14.3 Å². The summed E-state index contributed by atoms with van der Waals surface area (Å²) >= 11 is 0. The minimum Gasteiger partial charge on any atom is -0.438 e. The summed E-state index contributed by atoms with van der Waals surface area (Å²) in [5.74, 6) is 0.428. The van der Waals surface area contributed by atoms with Crippen LogP contribution >= 0.6 is 0 Å². The van der Waals surface area contributed by atoms with E-state index in [4.69, 9.17) is 0 Å². The standard InChI is InChI=1S/C9H16.C6H7NO3.C3H6/c1-5-7-9(4)8(3)6-2;1-6(10-4-8)3-2-5(9)7-6;1-3-2/h5-6,9H,1,7H2,2-4H3;2-4H,1H3,(H,7,9);3H,1H2,2H3/b8-6-;;. The van der Waals surface area contributed by atoms with Crippen LogP contribution in [0.2, 0.25) is 0 Å². The zero-order chi connectivity index (χ0) is 17.6. The number of hydrogen-bond acceptors (Lipinski definition) is 3. The third-order valence-corrected chi connectivity index (χ3v) is 2.97. The molecular formula is C18H29NO3. The molecule has 22 heavy (non-hydrogen) atoms. The molecule has 4 heteroatoms. The van der Waals surface area contributed by atoms with Crippen molar-refractivity contribution in [3.8, 4) is 0 Å². The molecule has 0 fully saturated rings. The number of ether oxygens (including phenoxy) is 1. The van der Waals surface area contributed by atoms with E-state index in [1.807, 2.05) is 13.0 Å². The molecule has 0 aromatic carbocycles. The van der Waals surface area contributed by atoms with Crippen molar-refractivity contribution in [2.75, 3.05) is 0 Å². The van der Waals surface area contributed by atoms with E-state index in [-0.39, 0.29) is 5.91 Å². The Hall–Kier alpha value is -2.10. The molecule has 1 aliphatic rings. The Balaban J connectivity index is 0. The Kier molecular flexibility index (Phi) is 12.7. The van der Waals surface area contributed by atoms with Crippen LogP contribution in [0.25, 0.3) is 0 Å². The molecule has 0 saturated carbocycles. The predicted octanol–water partition coefficient (Wildman–Crippen LogP) is 3.92. The Morgan fingerprint density at radius 1 is 1.45 bits per heavy atom. The lowest BCUT2D eigenvalue weighted by Gasteiger charge is -2.19. The van der Waals surface area contributed by atoms with Crippen LogP contribution in [0.1, 0.15) is 41.0 Å². The van der Waals surface area contributed by atoms with E-state index in [9.17, 15) is 9.59 Å². The molecule has 124 valence electrons. The molecule has 0 aromatic rings. The summed E-state index contributed by atoms with van der Waals surface area (Å²) in [6.45, 7) is 17.3. The molecule has 0 spiro atoms. The summed E-state index contributed by atoms with van der Waals surface area (Å²) in [7, 11) is 0. The largest absolute Gasteiger partial charge is 0.438 e. The lowest BCUT2D eigenvalue weighted by molar-refractivity contribution is -0.141. The van der Waals surface area contributed by atoms with Gasteiger partial charge < -0.3 is 10.1 Å². The van der Waals surface area contributed by atoms with Gasteiger partial charge in [-0.1, -0.05) is 30.7 Å². The van der Waals surface area contributed by atoms with Gasteiger partial charge >= 0.3 is 0 Å². The summed E-state index contributed by atoms with van der Waals surface area (Å²) < 4.78 is 4.56. The molecule has 0 bridgehead atoms. The van der Waals surface area contributed by atoms with Gasteiger partial charge in [0, 0.05) is 6.08 Å². The zero-order valence-corrected chi connectivity index (χ0v) is 14.4. The van der Waals surface area contributed by atoms with Crippen molar-refractivity contribution in [1.82, 2.24) is 5.32 Å². The molecule has 1 N–H and O–H groups in total. The number of allylic oxidation sites excluding steroid dienone is 4. The lowest BCUT2D eigenvalue weighted by atomic mass is 9.99. The molecule has 2 unspecified atom stereocenters. The van der Waals surface area contributed by atoms with Crippen LogP contribution in [0, 0.1) is 5.92 Å². The van der Waals surface area contributed by atoms with Gasteiger partial charge in [0.25, 0.3) is 6.47 Å². The highest BCUT2D eigenvalue weighted by Crippen LogP contribution is 2.13. The van der Waals surface area contributed by atoms with Crippen LogP contribution in [0.4, 0.5) is 0 Å². The Morgan fingerprint density at radius 3 is 2.32 bits per heavy atom. The monoisotopic (exact) mass is 307 g/mol. The summed E-state index contributed by atoms with van der Waals surface area (Å²) in [4.78, 5) is 20.4. The zero-order valence-electron chi connectivity index (χ0n) is 14.4. The topological polar surface area (TPSA) is 55.4 Å². The van der Waals surface area contributed by atoms with Crippen LogP contribution in [0.3, 0.4) is 0 Å². The van der Waals surface area contributed by atoms with Crippen molar-refractivity contribution in [3.05, 3.63) is 49.1 Å². The van der Waals surface area contributed by atoms with E-state index in [0.29, 0.717) is 12.4 Å². The normalized spacial score (nSPS) is 20.4. The van der Waals surface area contributed by atoms with E-state index < -0.39 is 5.72 Å². The maximum atomic E-state index is 10.5. The molecule has 1 heterocycles. The second-order valence-electron chi connectivity index (χ2n) is 5.01. The number of hydrogen-bond donors (Lipinski definition) is 1. The second-order valence-corrected chi connectivity index (χ2v) is 5.01. The van der Waals surface area contributed by atoms with Gasteiger partial charge in [-0.25, -0.2) is 0 Å². The first-order chi connectivity index (χ1) is 10.3. The summed E-state index contributed by atoms with van der Waals surface area (Å²) in [5, 5.41) is 2.43. The number of nitrogens with one attached hydrogen (secondary N) is 1. The fourth-order valence-electron chi connectivity index (χ4n) is 1.45. The predicted molar refractivity (Wildman–Crippen MR) is 92.1 cm³/mol. The van der Waals surface area contributed by atoms with E-state index >= 15 is 0 Å². The summed E-state index contributed by atoms with van der Waals surface area (Å²) in [6.07, 6.45) is 9.79. The molecular weight excluding hydrogens is 278 g/mol. The smallest absolute Gasteiger partial charge is 0.295 e. The van der Waals surface area contributed by atoms with E-state index in [1.165, 1.54) is 17.7 Å². The van der Waals surface area contributed by atoms with Crippen LogP contribution in [0.5, 0.6) is 0 Å². The first-order valence-corrected chi connectivity index (χ1v) is 7.23. The Morgan fingerprint density at radius 2 is 2.00 bits per heavy atom. The van der Waals surface area contributed by atoms with Crippen molar-refractivity contribution in [2.45, 2.75) is 46.8 Å². The SMILES string of the molecule is C=CC.C=CCC(C)/C(C)=C\C.CC1(OC=O)C=CC(=O)N1. The highest BCUT2D eigenvalue weighted by Gasteiger charge is 2.28. The van der Waals surface area contributed by atoms with Crippen molar-refractivity contribution in [1.29, 1.82) is 0 Å². The van der Waals surface area contributed by atoms with Crippen molar-refractivity contribution in [3.63, 3.8) is 0 Å². The number of carbonyl (C=O) groups excluding carboxylic acids is 2. The van der Waals surface area contributed by atoms with Gasteiger partial charge in [0.05, 0.1) is 0 Å². The first-order valence-electron chi connectivity index (χ1n) is 7.23. The minimum absolute atomic E-state index is 0.246. The molecule has 2 atom stereocenters. The van der Waals surface area contributed by atoms with Crippen molar-refractivity contribution >= 4 is 12.4 Å². The van der Waals surface area contributed by atoms with Crippen LogP contribution in [-0.4, -0.2) is 18.1 Å². The first kappa shape index (κ1) is 22.2. The Labute approximate surface area is 134 Å². The number of carbonyl (C=O) groups is 2. The molecule has 4 nitrogen and oxygen atoms in total. The van der Waals surface area contributed by atoms with Crippen LogP contribution in [0.15, 0.2) is 49.1 Å². The summed E-state index contributed by atoms with van der Waals surface area (Å²) in [5.41, 5.74) is 0.522. The van der Waals surface area contributed by atoms with Crippen LogP contribution < -0.4 is 5.32 Å². The van der Waals surface area contributed by atoms with Gasteiger partial charge in [0.15, 0.2) is 0 Å². The molecule has 0 aromatic heterocycles. The molecule has 1 rings (SSSR count). The third kappa shape index (κ3) is 10.7. The number of amides is 1. The third-order valence-electron chi connectivity index (χ3n) is 2.97. The van der Waals surface area contributed by atoms with Gasteiger partial charge in [-0.2, -0.15) is 0 Å². The highest BCUT2D eigenvalue weighted by molar-refractivity contribution is 5.91. The molecule has 1 amide bonds.